The van der Waals surface area contributed by atoms with Gasteiger partial charge in [-0.25, -0.2) is 4.57 Å². The number of nitrogens with zero attached hydrogens (tertiary/aromatic N) is 1. The van der Waals surface area contributed by atoms with E-state index in [0.29, 0.717) is 6.54 Å². The minimum Gasteiger partial charge on any atom is -0.205 e. The van der Waals surface area contributed by atoms with Crippen molar-refractivity contribution in [2.45, 2.75) is 19.9 Å². The summed E-state index contributed by atoms with van der Waals surface area (Å²) >= 11 is 0. The molecule has 0 aliphatic heterocycles. The molecule has 1 aromatic rings. The third-order valence-corrected chi connectivity index (χ3v) is 0.954. The lowest BCUT2D eigenvalue weighted by molar-refractivity contribution is -0.697. The summed E-state index contributed by atoms with van der Waals surface area (Å²) in [6, 6.07) is -0.897. The maximum Gasteiger partial charge on any atom is 0.168 e. The van der Waals surface area contributed by atoms with Crippen LogP contribution in [0.5, 0.6) is 0 Å². The van der Waals surface area contributed by atoms with E-state index in [0.717, 1.165) is 6.42 Å². The van der Waals surface area contributed by atoms with Gasteiger partial charge in [-0.2, -0.15) is 0 Å². The molecule has 0 fully saturated rings. The van der Waals surface area contributed by atoms with Crippen LogP contribution in [0.25, 0.3) is 0 Å². The number of hydrogen-bond donors (Lipinski definition) is 0. The van der Waals surface area contributed by atoms with Gasteiger partial charge < -0.3 is 0 Å². The third kappa shape index (κ3) is 1.84. The zero-order valence-corrected chi connectivity index (χ0v) is 5.36. The van der Waals surface area contributed by atoms with Gasteiger partial charge in [0.05, 0.1) is 4.11 Å². The van der Waals surface area contributed by atoms with E-state index in [1.54, 1.807) is 0 Å². The summed E-state index contributed by atoms with van der Waals surface area (Å²) in [5.41, 5.74) is 0. The standard InChI is InChI=1S/C8H12N/c1-2-6-9-7-4-3-5-8-9/h3-5,7-8H,2,6H2,1H3/q+1/i3D,4D,5D,7D,8D. The average Bonchev–Trinajstić information content (AvgIpc) is 2.19. The van der Waals surface area contributed by atoms with E-state index >= 15 is 0 Å². The second kappa shape index (κ2) is 3.23. The SMILES string of the molecule is [2H]c1c([2H])c([2H])[n+](CCC)c([2H])c1[2H]. The van der Waals surface area contributed by atoms with Crippen molar-refractivity contribution in [1.29, 1.82) is 0 Å². The summed E-state index contributed by atoms with van der Waals surface area (Å²) in [6.07, 6.45) is 0.425. The van der Waals surface area contributed by atoms with Crippen molar-refractivity contribution in [1.82, 2.24) is 0 Å². The van der Waals surface area contributed by atoms with Crippen LogP contribution in [0, 0.1) is 0 Å². The maximum atomic E-state index is 7.53. The monoisotopic (exact) mass is 127 g/mol. The first-order valence-corrected chi connectivity index (χ1v) is 2.97. The van der Waals surface area contributed by atoms with Crippen LogP contribution in [0.3, 0.4) is 0 Å². The Kier molecular flexibility index (Phi) is 0.865. The summed E-state index contributed by atoms with van der Waals surface area (Å²) in [4.78, 5) is 0. The first kappa shape index (κ1) is 2.41. The predicted molar refractivity (Wildman–Crippen MR) is 36.9 cm³/mol. The largest absolute Gasteiger partial charge is 0.205 e. The van der Waals surface area contributed by atoms with Crippen LogP contribution < -0.4 is 4.57 Å². The van der Waals surface area contributed by atoms with Gasteiger partial charge in [-0.05, 0) is 0 Å². The van der Waals surface area contributed by atoms with Crippen molar-refractivity contribution in [2.75, 3.05) is 0 Å². The number of aromatic nitrogens is 1. The van der Waals surface area contributed by atoms with Crippen molar-refractivity contribution >= 4 is 0 Å². The van der Waals surface area contributed by atoms with E-state index < -0.39 is 0 Å². The maximum absolute atomic E-state index is 7.53. The van der Waals surface area contributed by atoms with Gasteiger partial charge in [0.2, 0.25) is 0 Å². The Morgan fingerprint density at radius 3 is 2.56 bits per heavy atom. The average molecular weight is 127 g/mol. The van der Waals surface area contributed by atoms with Gasteiger partial charge in [0.1, 0.15) is 9.29 Å². The molecule has 0 saturated heterocycles. The van der Waals surface area contributed by atoms with Gasteiger partial charge in [0.25, 0.3) is 0 Å². The molecule has 0 bridgehead atoms. The molecule has 0 saturated carbocycles. The lowest BCUT2D eigenvalue weighted by atomic mass is 10.4. The van der Waals surface area contributed by atoms with E-state index in [9.17, 15) is 0 Å². The second-order valence-electron chi connectivity index (χ2n) is 1.75. The second-order valence-corrected chi connectivity index (χ2v) is 1.75. The molecule has 0 atom stereocenters. The van der Waals surface area contributed by atoms with Gasteiger partial charge in [0.15, 0.2) is 12.3 Å². The summed E-state index contributed by atoms with van der Waals surface area (Å²) in [7, 11) is 0. The molecule has 1 heterocycles. The first-order valence-electron chi connectivity index (χ1n) is 5.47. The molecule has 0 spiro atoms. The molecule has 0 unspecified atom stereocenters. The van der Waals surface area contributed by atoms with E-state index in [2.05, 4.69) is 0 Å². The number of rotatable bonds is 2. The number of pyridine rings is 1. The zero-order valence-electron chi connectivity index (χ0n) is 10.4. The molecule has 1 heteroatoms. The van der Waals surface area contributed by atoms with Gasteiger partial charge in [-0.1, -0.05) is 13.0 Å². The highest BCUT2D eigenvalue weighted by molar-refractivity contribution is 4.83. The highest BCUT2D eigenvalue weighted by Crippen LogP contribution is 1.78. The Labute approximate surface area is 63.0 Å². The van der Waals surface area contributed by atoms with Crippen molar-refractivity contribution in [3.63, 3.8) is 0 Å². The van der Waals surface area contributed by atoms with Gasteiger partial charge >= 0.3 is 0 Å². The van der Waals surface area contributed by atoms with E-state index in [1.807, 2.05) is 6.92 Å². The van der Waals surface area contributed by atoms with Gasteiger partial charge in [-0.3, -0.25) is 0 Å². The van der Waals surface area contributed by atoms with E-state index in [-0.39, 0.29) is 30.5 Å². The minimum atomic E-state index is -0.340. The summed E-state index contributed by atoms with van der Waals surface area (Å²) in [5, 5.41) is 0. The smallest absolute Gasteiger partial charge is 0.168 e. The van der Waals surface area contributed by atoms with Gasteiger partial charge in [-0.15, -0.1) is 0 Å². The van der Waals surface area contributed by atoms with Crippen LogP contribution in [0.4, 0.5) is 0 Å². The molecule has 9 heavy (non-hydrogen) atoms. The Bertz CT molecular complexity index is 334. The molecule has 0 radical (unpaired) electrons. The summed E-state index contributed by atoms with van der Waals surface area (Å²) < 4.78 is 38.5. The normalized spacial score (nSPS) is 17.2. The molecule has 0 amide bonds. The first-order chi connectivity index (χ1) is 6.50. The van der Waals surface area contributed by atoms with Crippen LogP contribution in [0.15, 0.2) is 30.5 Å². The molecule has 0 aliphatic rings. The van der Waals surface area contributed by atoms with Crippen LogP contribution >= 0.6 is 0 Å². The van der Waals surface area contributed by atoms with Crippen molar-refractivity contribution in [3.8, 4) is 0 Å². The van der Waals surface area contributed by atoms with Crippen LogP contribution in [-0.4, -0.2) is 0 Å². The van der Waals surface area contributed by atoms with Crippen molar-refractivity contribution < 1.29 is 11.4 Å². The molecule has 1 rings (SSSR count). The lowest BCUT2D eigenvalue weighted by Crippen LogP contribution is -2.31. The summed E-state index contributed by atoms with van der Waals surface area (Å²) in [6.45, 7) is 2.34. The van der Waals surface area contributed by atoms with Crippen LogP contribution in [0.2, 0.25) is 0 Å². The Morgan fingerprint density at radius 2 is 2.00 bits per heavy atom. The quantitative estimate of drug-likeness (QED) is 0.528. The van der Waals surface area contributed by atoms with Crippen LogP contribution in [0.1, 0.15) is 20.2 Å². The molecule has 0 aliphatic carbocycles. The fourth-order valence-corrected chi connectivity index (χ4v) is 0.585. The third-order valence-electron chi connectivity index (χ3n) is 0.954. The Morgan fingerprint density at radius 1 is 1.33 bits per heavy atom. The fourth-order valence-electron chi connectivity index (χ4n) is 0.585. The van der Waals surface area contributed by atoms with Gasteiger partial charge in [0, 0.05) is 18.5 Å². The van der Waals surface area contributed by atoms with Crippen LogP contribution in [-0.2, 0) is 6.54 Å². The predicted octanol–water partition coefficient (Wildman–Crippen LogP) is 1.38. The fraction of sp³-hybridized carbons (Fsp3) is 0.375. The minimum absolute atomic E-state index is 0.155. The van der Waals surface area contributed by atoms with Crippen molar-refractivity contribution in [2.24, 2.45) is 0 Å². The molecular formula is C8H12N+. The van der Waals surface area contributed by atoms with E-state index in [4.69, 9.17) is 6.85 Å². The molecular weight excluding hydrogens is 110 g/mol. The number of hydrogen-bond acceptors (Lipinski definition) is 0. The molecule has 0 aromatic carbocycles. The van der Waals surface area contributed by atoms with Crippen molar-refractivity contribution in [3.05, 3.63) is 30.5 Å². The molecule has 1 nitrogen and oxygen atoms in total. The van der Waals surface area contributed by atoms with E-state index in [1.165, 1.54) is 4.57 Å². The lowest BCUT2D eigenvalue weighted by Gasteiger charge is -1.88. The highest BCUT2D eigenvalue weighted by atomic mass is 14.9. The Hall–Kier alpha value is -0.850. The molecule has 0 N–H and O–H groups in total. The topological polar surface area (TPSA) is 3.88 Å². The zero-order chi connectivity index (χ0) is 10.9. The molecule has 1 aromatic heterocycles. The molecule has 48 valence electrons. The summed E-state index contributed by atoms with van der Waals surface area (Å²) in [5.74, 6) is 0. The Balaban J connectivity index is 3.43. The highest BCUT2D eigenvalue weighted by Gasteiger charge is 1.90.